The second kappa shape index (κ2) is 8.17. The summed E-state index contributed by atoms with van der Waals surface area (Å²) < 4.78 is 23.7. The fraction of sp³-hybridized carbons (Fsp3) is 0.409. The van der Waals surface area contributed by atoms with Gasteiger partial charge in [-0.1, -0.05) is 0 Å². The number of nitrogens with zero attached hydrogens (tertiary/aromatic N) is 1. The lowest BCUT2D eigenvalue weighted by Crippen LogP contribution is -2.22. The summed E-state index contributed by atoms with van der Waals surface area (Å²) in [4.78, 5) is 18.4. The van der Waals surface area contributed by atoms with Gasteiger partial charge in [0.2, 0.25) is 5.91 Å². The number of H-pyrrole nitrogens is 1. The summed E-state index contributed by atoms with van der Waals surface area (Å²) >= 11 is 1.72. The van der Waals surface area contributed by atoms with Crippen LogP contribution in [0.3, 0.4) is 0 Å². The minimum absolute atomic E-state index is 0.165. The van der Waals surface area contributed by atoms with Gasteiger partial charge in [0, 0.05) is 28.5 Å². The number of primary amides is 1. The highest BCUT2D eigenvalue weighted by atomic mass is 32.2. The molecule has 6 nitrogen and oxygen atoms in total. The lowest BCUT2D eigenvalue weighted by atomic mass is 9.91. The van der Waals surface area contributed by atoms with Gasteiger partial charge in [-0.05, 0) is 78.7 Å². The van der Waals surface area contributed by atoms with Crippen molar-refractivity contribution in [3.05, 3.63) is 45.8 Å². The van der Waals surface area contributed by atoms with Crippen molar-refractivity contribution in [2.75, 3.05) is 25.6 Å². The molecular weight excluding hydrogens is 418 g/mol. The Hall–Kier alpha value is -2.16. The van der Waals surface area contributed by atoms with Crippen LogP contribution in [0.2, 0.25) is 0 Å². The smallest absolute Gasteiger partial charge is 0.221 e. The Bertz CT molecular complexity index is 1180. The predicted octanol–water partition coefficient (Wildman–Crippen LogP) is 3.28. The first-order chi connectivity index (χ1) is 14.2. The van der Waals surface area contributed by atoms with Crippen molar-refractivity contribution in [2.45, 2.75) is 31.7 Å². The highest BCUT2D eigenvalue weighted by Crippen LogP contribution is 2.38. The zero-order valence-electron chi connectivity index (χ0n) is 17.3. The van der Waals surface area contributed by atoms with Crippen LogP contribution >= 0.6 is 11.3 Å². The van der Waals surface area contributed by atoms with Crippen molar-refractivity contribution in [1.29, 1.82) is 0 Å². The number of nitrogens with two attached hydrogens (primary N) is 1. The van der Waals surface area contributed by atoms with Crippen LogP contribution in [0, 0.1) is 0 Å². The summed E-state index contributed by atoms with van der Waals surface area (Å²) in [5.41, 5.74) is 10.6. The van der Waals surface area contributed by atoms with Gasteiger partial charge < -0.3 is 15.6 Å². The number of sulfone groups is 1. The van der Waals surface area contributed by atoms with E-state index in [4.69, 9.17) is 5.73 Å². The molecule has 1 saturated heterocycles. The van der Waals surface area contributed by atoms with E-state index in [9.17, 15) is 13.2 Å². The molecule has 0 unspecified atom stereocenters. The number of aromatic amines is 1. The molecule has 0 saturated carbocycles. The lowest BCUT2D eigenvalue weighted by molar-refractivity contribution is -0.117. The molecule has 1 aliphatic rings. The zero-order chi connectivity index (χ0) is 21.5. The Morgan fingerprint density at radius 3 is 2.60 bits per heavy atom. The quantitative estimate of drug-likeness (QED) is 0.609. The SMILES string of the molecule is CN(C)Cc1cc(-c2cc(CC(N)=O)c3[nH]cc(C4CCS(=O)(=O)CC4)c3c2)cs1. The van der Waals surface area contributed by atoms with Crippen LogP contribution in [-0.2, 0) is 27.6 Å². The summed E-state index contributed by atoms with van der Waals surface area (Å²) in [6.07, 6.45) is 3.41. The van der Waals surface area contributed by atoms with E-state index in [0.29, 0.717) is 12.8 Å². The Morgan fingerprint density at radius 1 is 1.20 bits per heavy atom. The van der Waals surface area contributed by atoms with Gasteiger partial charge in [0.15, 0.2) is 0 Å². The third kappa shape index (κ3) is 4.45. The Morgan fingerprint density at radius 2 is 1.93 bits per heavy atom. The van der Waals surface area contributed by atoms with Crippen LogP contribution < -0.4 is 5.73 Å². The molecule has 1 aliphatic heterocycles. The number of aromatic nitrogens is 1. The standard InChI is InChI=1S/C22H27N3O3S2/c1-25(2)12-18-8-17(13-29-18)15-7-16(10-21(23)26)22-19(9-15)20(11-24-22)14-3-5-30(27,28)6-4-14/h7-9,11,13-14,24H,3-6,10,12H2,1-2H3,(H2,23,26). The average Bonchev–Trinajstić information content (AvgIpc) is 3.28. The topological polar surface area (TPSA) is 96.3 Å². The molecule has 0 bridgehead atoms. The van der Waals surface area contributed by atoms with Crippen LogP contribution in [0.25, 0.3) is 22.0 Å². The molecule has 0 spiro atoms. The molecule has 2 aromatic heterocycles. The summed E-state index contributed by atoms with van der Waals surface area (Å²) in [5, 5.41) is 3.21. The molecule has 0 atom stereocenters. The van der Waals surface area contributed by atoms with Crippen molar-refractivity contribution < 1.29 is 13.2 Å². The van der Waals surface area contributed by atoms with Gasteiger partial charge in [-0.25, -0.2) is 8.42 Å². The Balaban J connectivity index is 1.77. The normalized spacial score (nSPS) is 17.0. The van der Waals surface area contributed by atoms with Crippen molar-refractivity contribution in [2.24, 2.45) is 5.73 Å². The molecule has 3 aromatic rings. The van der Waals surface area contributed by atoms with Gasteiger partial charge in [-0.2, -0.15) is 0 Å². The molecule has 30 heavy (non-hydrogen) atoms. The van der Waals surface area contributed by atoms with Gasteiger partial charge >= 0.3 is 0 Å². The van der Waals surface area contributed by atoms with Crippen LogP contribution in [0.4, 0.5) is 0 Å². The third-order valence-corrected chi connectivity index (χ3v) is 8.36. The number of nitrogens with one attached hydrogen (secondary N) is 1. The van der Waals surface area contributed by atoms with E-state index in [1.165, 1.54) is 4.88 Å². The van der Waals surface area contributed by atoms with Crippen molar-refractivity contribution in [3.8, 4) is 11.1 Å². The van der Waals surface area contributed by atoms with E-state index >= 15 is 0 Å². The fourth-order valence-electron chi connectivity index (χ4n) is 4.29. The summed E-state index contributed by atoms with van der Waals surface area (Å²) in [6, 6.07) is 6.40. The van der Waals surface area contributed by atoms with E-state index in [2.05, 4.69) is 27.4 Å². The number of fused-ring (bicyclic) bond motifs is 1. The average molecular weight is 446 g/mol. The minimum atomic E-state index is -2.92. The van der Waals surface area contributed by atoms with Gasteiger partial charge in [0.25, 0.3) is 0 Å². The molecule has 3 N–H and O–H groups in total. The number of benzene rings is 1. The number of carbonyl (C=O) groups is 1. The van der Waals surface area contributed by atoms with E-state index in [0.717, 1.165) is 39.7 Å². The van der Waals surface area contributed by atoms with Gasteiger partial charge in [0.1, 0.15) is 9.84 Å². The van der Waals surface area contributed by atoms with E-state index in [1.54, 1.807) is 11.3 Å². The van der Waals surface area contributed by atoms with E-state index in [1.807, 2.05) is 26.4 Å². The summed E-state index contributed by atoms with van der Waals surface area (Å²) in [5.74, 6) is 0.297. The first-order valence-corrected chi connectivity index (χ1v) is 12.8. The number of thiophene rings is 1. The second-order valence-electron chi connectivity index (χ2n) is 8.41. The van der Waals surface area contributed by atoms with Crippen LogP contribution in [0.15, 0.2) is 29.8 Å². The number of hydrogen-bond acceptors (Lipinski definition) is 5. The minimum Gasteiger partial charge on any atom is -0.369 e. The number of carbonyl (C=O) groups excluding carboxylic acids is 1. The zero-order valence-corrected chi connectivity index (χ0v) is 18.9. The van der Waals surface area contributed by atoms with Crippen LogP contribution in [0.1, 0.15) is 34.8 Å². The first kappa shape index (κ1) is 21.1. The summed E-state index contributed by atoms with van der Waals surface area (Å²) in [7, 11) is 1.18. The predicted molar refractivity (Wildman–Crippen MR) is 123 cm³/mol. The molecule has 1 amide bonds. The number of amides is 1. The highest BCUT2D eigenvalue weighted by molar-refractivity contribution is 7.91. The first-order valence-electron chi connectivity index (χ1n) is 10.1. The molecule has 8 heteroatoms. The van der Waals surface area contributed by atoms with Crippen LogP contribution in [0.5, 0.6) is 0 Å². The Labute approximate surface area is 181 Å². The maximum atomic E-state index is 11.9. The molecule has 4 rings (SSSR count). The monoisotopic (exact) mass is 445 g/mol. The highest BCUT2D eigenvalue weighted by Gasteiger charge is 2.27. The van der Waals surface area contributed by atoms with Gasteiger partial charge in [-0.15, -0.1) is 11.3 Å². The number of hydrogen-bond donors (Lipinski definition) is 2. The molecule has 3 heterocycles. The van der Waals surface area contributed by atoms with Crippen molar-refractivity contribution >= 4 is 38.0 Å². The van der Waals surface area contributed by atoms with E-state index < -0.39 is 9.84 Å². The molecule has 0 radical (unpaired) electrons. The van der Waals surface area contributed by atoms with Gasteiger partial charge in [-0.3, -0.25) is 4.79 Å². The fourth-order valence-corrected chi connectivity index (χ4v) is 6.79. The van der Waals surface area contributed by atoms with Crippen LogP contribution in [-0.4, -0.2) is 49.8 Å². The lowest BCUT2D eigenvalue weighted by Gasteiger charge is -2.21. The molecule has 1 fully saturated rings. The molecule has 1 aromatic carbocycles. The third-order valence-electron chi connectivity index (χ3n) is 5.72. The van der Waals surface area contributed by atoms with Crippen molar-refractivity contribution in [3.63, 3.8) is 0 Å². The van der Waals surface area contributed by atoms with E-state index in [-0.39, 0.29) is 29.8 Å². The number of rotatable bonds is 6. The maximum Gasteiger partial charge on any atom is 0.221 e. The largest absolute Gasteiger partial charge is 0.369 e. The van der Waals surface area contributed by atoms with Gasteiger partial charge in [0.05, 0.1) is 17.9 Å². The molecular formula is C22H27N3O3S2. The van der Waals surface area contributed by atoms with Crippen molar-refractivity contribution in [1.82, 2.24) is 9.88 Å². The second-order valence-corrected chi connectivity index (χ2v) is 11.7. The maximum absolute atomic E-state index is 11.9. The Kier molecular flexibility index (Phi) is 5.74. The summed E-state index contributed by atoms with van der Waals surface area (Å²) in [6.45, 7) is 0.882. The molecule has 0 aliphatic carbocycles. The molecule has 160 valence electrons.